The van der Waals surface area contributed by atoms with Crippen molar-refractivity contribution in [2.45, 2.75) is 9.79 Å². The fourth-order valence-electron chi connectivity index (χ4n) is 3.61. The van der Waals surface area contributed by atoms with Gasteiger partial charge in [0.05, 0.1) is 20.4 Å². The highest BCUT2D eigenvalue weighted by Crippen LogP contribution is 2.34. The molecule has 0 bridgehead atoms. The zero-order chi connectivity index (χ0) is 25.3. The van der Waals surface area contributed by atoms with E-state index in [0.717, 1.165) is 0 Å². The van der Waals surface area contributed by atoms with Crippen molar-refractivity contribution >= 4 is 38.4 Å². The molecule has 12 heteroatoms. The Morgan fingerprint density at radius 2 is 1.53 bits per heavy atom. The predicted octanol–water partition coefficient (Wildman–Crippen LogP) is 5.13. The molecule has 2 aromatic heterocycles. The largest absolute Gasteiger partial charge is 0.380 e. The summed E-state index contributed by atoms with van der Waals surface area (Å²) in [5, 5.41) is 23.6. The fraction of sp³-hybridized carbons (Fsp3) is 0. The number of nitrogen functional groups attached to an aromatic ring is 1. The lowest BCUT2D eigenvalue weighted by molar-refractivity contribution is -0.384. The molecule has 0 spiro atoms. The molecule has 0 radical (unpaired) electrons. The molecule has 0 aliphatic carbocycles. The zero-order valence-corrected chi connectivity index (χ0v) is 19.3. The van der Waals surface area contributed by atoms with Crippen LogP contribution in [-0.4, -0.2) is 27.9 Å². The maximum Gasteiger partial charge on any atom is 0.296 e. The Morgan fingerprint density at radius 3 is 2.25 bits per heavy atom. The molecule has 36 heavy (non-hydrogen) atoms. The van der Waals surface area contributed by atoms with Crippen molar-refractivity contribution in [1.82, 2.24) is 14.6 Å². The highest BCUT2D eigenvalue weighted by Gasteiger charge is 2.19. The molecule has 0 saturated carbocycles. The number of nitro benzene ring substituents is 1. The maximum absolute atomic E-state index is 12.9. The van der Waals surface area contributed by atoms with E-state index < -0.39 is 14.8 Å². The van der Waals surface area contributed by atoms with Gasteiger partial charge in [0.2, 0.25) is 9.84 Å². The van der Waals surface area contributed by atoms with Gasteiger partial charge in [-0.25, -0.2) is 17.9 Å². The van der Waals surface area contributed by atoms with Crippen molar-refractivity contribution in [3.63, 3.8) is 0 Å². The number of para-hydroxylation sites is 1. The van der Waals surface area contributed by atoms with Gasteiger partial charge in [-0.05, 0) is 36.4 Å². The minimum Gasteiger partial charge on any atom is -0.380 e. The summed E-state index contributed by atoms with van der Waals surface area (Å²) in [4.78, 5) is 15.3. The Morgan fingerprint density at radius 1 is 0.861 bits per heavy atom. The van der Waals surface area contributed by atoms with Crippen molar-refractivity contribution in [1.29, 1.82) is 0 Å². The Balaban J connectivity index is 1.53. The number of anilines is 1. The van der Waals surface area contributed by atoms with E-state index in [2.05, 4.69) is 20.3 Å². The summed E-state index contributed by atoms with van der Waals surface area (Å²) in [6, 6.07) is 22.2. The van der Waals surface area contributed by atoms with E-state index >= 15 is 0 Å². The molecule has 0 atom stereocenters. The number of aromatic nitrogens is 3. The van der Waals surface area contributed by atoms with Gasteiger partial charge in [-0.1, -0.05) is 42.5 Å². The monoisotopic (exact) mass is 499 g/mol. The van der Waals surface area contributed by atoms with Crippen LogP contribution >= 0.6 is 0 Å². The van der Waals surface area contributed by atoms with Crippen molar-refractivity contribution in [2.24, 2.45) is 10.2 Å². The first kappa shape index (κ1) is 22.8. The molecule has 0 aliphatic rings. The van der Waals surface area contributed by atoms with Crippen LogP contribution in [0.3, 0.4) is 0 Å². The molecule has 11 nitrogen and oxygen atoms in total. The third-order valence-corrected chi connectivity index (χ3v) is 7.16. The number of nitrogens with zero attached hydrogens (tertiary/aromatic N) is 6. The Kier molecular flexibility index (Phi) is 5.70. The molecule has 0 saturated heterocycles. The average Bonchev–Trinajstić information content (AvgIpc) is 3.23. The van der Waals surface area contributed by atoms with Crippen LogP contribution < -0.4 is 5.73 Å². The first-order chi connectivity index (χ1) is 17.4. The van der Waals surface area contributed by atoms with Crippen LogP contribution in [0.4, 0.5) is 22.9 Å². The van der Waals surface area contributed by atoms with Gasteiger partial charge in [0.1, 0.15) is 0 Å². The first-order valence-electron chi connectivity index (χ1n) is 10.6. The SMILES string of the molecule is Nc1nn2c(-c3ccc(S(=O)(=O)c4ccccc4)cc3)ccnc2c1N=Nc1ccccc1[N+](=O)[O-]. The van der Waals surface area contributed by atoms with E-state index in [9.17, 15) is 18.5 Å². The summed E-state index contributed by atoms with van der Waals surface area (Å²) in [5.74, 6) is 0.0283. The van der Waals surface area contributed by atoms with Gasteiger partial charge in [0, 0.05) is 17.8 Å². The Hall–Kier alpha value is -4.97. The highest BCUT2D eigenvalue weighted by molar-refractivity contribution is 7.91. The number of hydrogen-bond donors (Lipinski definition) is 1. The van der Waals surface area contributed by atoms with Crippen molar-refractivity contribution < 1.29 is 13.3 Å². The summed E-state index contributed by atoms with van der Waals surface area (Å²) in [7, 11) is -3.66. The molecule has 3 aromatic carbocycles. The summed E-state index contributed by atoms with van der Waals surface area (Å²) >= 11 is 0. The Bertz CT molecular complexity index is 1730. The summed E-state index contributed by atoms with van der Waals surface area (Å²) in [6.45, 7) is 0. The minimum absolute atomic E-state index is 0.0283. The van der Waals surface area contributed by atoms with Crippen LogP contribution in [0.1, 0.15) is 0 Å². The zero-order valence-electron chi connectivity index (χ0n) is 18.5. The molecule has 5 aromatic rings. The van der Waals surface area contributed by atoms with Crippen molar-refractivity contribution in [2.75, 3.05) is 5.73 Å². The lowest BCUT2D eigenvalue weighted by atomic mass is 10.1. The molecular formula is C24H17N7O4S. The van der Waals surface area contributed by atoms with Gasteiger partial charge < -0.3 is 5.73 Å². The molecule has 0 aliphatic heterocycles. The number of rotatable bonds is 6. The standard InChI is InChI=1S/C24H17N7O4S/c25-23-22(28-27-19-8-4-5-9-21(19)31(32)33)24-26-15-14-20(30(24)29-23)16-10-12-18(13-11-16)36(34,35)17-6-2-1-3-7-17/h1-15H,(H2,25,29). The molecule has 0 amide bonds. The Labute approximate surface area is 204 Å². The van der Waals surface area contributed by atoms with Gasteiger partial charge in [0.25, 0.3) is 5.69 Å². The van der Waals surface area contributed by atoms with Gasteiger partial charge in [-0.2, -0.15) is 0 Å². The highest BCUT2D eigenvalue weighted by atomic mass is 32.2. The summed E-state index contributed by atoms with van der Waals surface area (Å²) in [5.41, 5.74) is 7.62. The van der Waals surface area contributed by atoms with E-state index in [-0.39, 0.29) is 38.3 Å². The maximum atomic E-state index is 12.9. The molecule has 5 rings (SSSR count). The van der Waals surface area contributed by atoms with E-state index in [1.807, 2.05) is 0 Å². The number of hydrogen-bond acceptors (Lipinski definition) is 9. The predicted molar refractivity (Wildman–Crippen MR) is 132 cm³/mol. The third-order valence-electron chi connectivity index (χ3n) is 5.37. The van der Waals surface area contributed by atoms with Crippen LogP contribution in [0, 0.1) is 10.1 Å². The second-order valence-corrected chi connectivity index (χ2v) is 9.54. The number of azo groups is 1. The molecule has 0 fully saturated rings. The molecule has 2 N–H and O–H groups in total. The van der Waals surface area contributed by atoms with Crippen LogP contribution in [0.25, 0.3) is 16.9 Å². The summed E-state index contributed by atoms with van der Waals surface area (Å²) < 4.78 is 27.2. The average molecular weight is 500 g/mol. The number of fused-ring (bicyclic) bond motifs is 1. The first-order valence-corrected chi connectivity index (χ1v) is 12.0. The van der Waals surface area contributed by atoms with Gasteiger partial charge in [-0.3, -0.25) is 10.1 Å². The van der Waals surface area contributed by atoms with Gasteiger partial charge in [-0.15, -0.1) is 15.3 Å². The van der Waals surface area contributed by atoms with E-state index in [4.69, 9.17) is 5.73 Å². The van der Waals surface area contributed by atoms with E-state index in [0.29, 0.717) is 11.3 Å². The van der Waals surface area contributed by atoms with Crippen LogP contribution in [0.2, 0.25) is 0 Å². The third kappa shape index (κ3) is 4.05. The number of nitro groups is 1. The normalized spacial score (nSPS) is 11.8. The second kappa shape index (κ2) is 9.00. The smallest absolute Gasteiger partial charge is 0.296 e. The van der Waals surface area contributed by atoms with Crippen LogP contribution in [0.15, 0.2) is 111 Å². The molecule has 2 heterocycles. The molecule has 0 unspecified atom stereocenters. The summed E-state index contributed by atoms with van der Waals surface area (Å²) in [6.07, 6.45) is 1.53. The lowest BCUT2D eigenvalue weighted by Gasteiger charge is -2.07. The van der Waals surface area contributed by atoms with Crippen molar-refractivity contribution in [3.05, 3.63) is 101 Å². The number of sulfone groups is 1. The number of benzene rings is 3. The van der Waals surface area contributed by atoms with Gasteiger partial charge >= 0.3 is 0 Å². The number of nitrogens with two attached hydrogens (primary N) is 1. The minimum atomic E-state index is -3.66. The topological polar surface area (TPSA) is 158 Å². The fourth-order valence-corrected chi connectivity index (χ4v) is 4.89. The van der Waals surface area contributed by atoms with E-state index in [1.165, 1.54) is 41.0 Å². The van der Waals surface area contributed by atoms with Gasteiger partial charge in [0.15, 0.2) is 22.8 Å². The molecular weight excluding hydrogens is 482 g/mol. The van der Waals surface area contributed by atoms with Crippen LogP contribution in [0.5, 0.6) is 0 Å². The quantitative estimate of drug-likeness (QED) is 0.192. The van der Waals surface area contributed by atoms with Crippen molar-refractivity contribution in [3.8, 4) is 11.3 Å². The lowest BCUT2D eigenvalue weighted by Crippen LogP contribution is -2.02. The molecule has 178 valence electrons. The van der Waals surface area contributed by atoms with Crippen LogP contribution in [-0.2, 0) is 9.84 Å². The van der Waals surface area contributed by atoms with E-state index in [1.54, 1.807) is 54.6 Å². The second-order valence-electron chi connectivity index (χ2n) is 7.59.